The summed E-state index contributed by atoms with van der Waals surface area (Å²) in [6.07, 6.45) is 4.51. The number of fused-ring (bicyclic) bond motifs is 1. The first kappa shape index (κ1) is 19.3. The highest BCUT2D eigenvalue weighted by Gasteiger charge is 2.28. The van der Waals surface area contributed by atoms with Crippen LogP contribution < -0.4 is 10.0 Å². The topological polar surface area (TPSA) is 84.5 Å². The van der Waals surface area contributed by atoms with Crippen LogP contribution in [-0.2, 0) is 27.6 Å². The van der Waals surface area contributed by atoms with Crippen molar-refractivity contribution in [1.82, 2.24) is 5.32 Å². The Hall–Kier alpha value is -1.42. The molecule has 1 aliphatic rings. The normalized spacial score (nSPS) is 14.0. The summed E-state index contributed by atoms with van der Waals surface area (Å²) in [4.78, 5) is 13.9. The fourth-order valence-electron chi connectivity index (χ4n) is 2.97. The zero-order chi connectivity index (χ0) is 18.6. The van der Waals surface area contributed by atoms with E-state index in [2.05, 4.69) is 10.0 Å². The van der Waals surface area contributed by atoms with E-state index >= 15 is 0 Å². The van der Waals surface area contributed by atoms with E-state index in [4.69, 9.17) is 4.74 Å². The number of ether oxygens (including phenoxy) is 1. The van der Waals surface area contributed by atoms with Crippen molar-refractivity contribution in [1.29, 1.82) is 0 Å². The predicted molar refractivity (Wildman–Crippen MR) is 105 cm³/mol. The number of anilines is 1. The maximum atomic E-state index is 12.8. The minimum Gasteiger partial charge on any atom is -0.385 e. The Morgan fingerprint density at radius 3 is 2.85 bits per heavy atom. The van der Waals surface area contributed by atoms with Gasteiger partial charge in [-0.3, -0.25) is 9.52 Å². The Kier molecular flexibility index (Phi) is 6.33. The molecular formula is C17H22N2O4S3. The first-order chi connectivity index (χ1) is 12.5. The molecule has 9 heteroatoms. The SMILES string of the molecule is COCCCNC(=O)c1c(NS(=O)(=O)c2cccs2)sc2c1CCCC2. The summed E-state index contributed by atoms with van der Waals surface area (Å²) < 4.78 is 33.1. The van der Waals surface area contributed by atoms with E-state index in [0.717, 1.165) is 47.5 Å². The van der Waals surface area contributed by atoms with Crippen LogP contribution in [0.1, 0.15) is 40.1 Å². The van der Waals surface area contributed by atoms with Crippen LogP contribution in [0.25, 0.3) is 0 Å². The zero-order valence-electron chi connectivity index (χ0n) is 14.5. The zero-order valence-corrected chi connectivity index (χ0v) is 17.0. The number of aryl methyl sites for hydroxylation is 1. The number of nitrogens with one attached hydrogen (secondary N) is 2. The van der Waals surface area contributed by atoms with E-state index in [1.54, 1.807) is 24.6 Å². The lowest BCUT2D eigenvalue weighted by Gasteiger charge is -2.13. The number of thiophene rings is 2. The molecule has 1 aliphatic carbocycles. The highest BCUT2D eigenvalue weighted by molar-refractivity contribution is 7.94. The maximum Gasteiger partial charge on any atom is 0.272 e. The summed E-state index contributed by atoms with van der Waals surface area (Å²) in [5, 5.41) is 5.03. The minimum absolute atomic E-state index is 0.218. The van der Waals surface area contributed by atoms with Crippen molar-refractivity contribution < 1.29 is 17.9 Å². The van der Waals surface area contributed by atoms with Gasteiger partial charge in [0.05, 0.1) is 5.56 Å². The lowest BCUT2D eigenvalue weighted by molar-refractivity contribution is 0.0949. The number of carbonyl (C=O) groups excluding carboxylic acids is 1. The number of hydrogen-bond donors (Lipinski definition) is 2. The molecule has 0 saturated heterocycles. The highest BCUT2D eigenvalue weighted by atomic mass is 32.2. The van der Waals surface area contributed by atoms with Crippen molar-refractivity contribution in [2.24, 2.45) is 0 Å². The summed E-state index contributed by atoms with van der Waals surface area (Å²) in [5.41, 5.74) is 1.48. The number of rotatable bonds is 8. The molecule has 0 radical (unpaired) electrons. The molecule has 0 atom stereocenters. The molecule has 0 saturated carbocycles. The van der Waals surface area contributed by atoms with Crippen molar-refractivity contribution in [3.05, 3.63) is 33.5 Å². The van der Waals surface area contributed by atoms with Crippen LogP contribution in [0, 0.1) is 0 Å². The average Bonchev–Trinajstić information content (AvgIpc) is 3.26. The third-order valence-corrected chi connectivity index (χ3v) is 8.28. The fourth-order valence-corrected chi connectivity index (χ4v) is 6.56. The smallest absolute Gasteiger partial charge is 0.272 e. The average molecular weight is 415 g/mol. The summed E-state index contributed by atoms with van der Waals surface area (Å²) in [5.74, 6) is -0.218. The van der Waals surface area contributed by atoms with Crippen molar-refractivity contribution in [2.75, 3.05) is 25.0 Å². The molecule has 2 N–H and O–H groups in total. The second-order valence-corrected chi connectivity index (χ2v) is 10.0. The van der Waals surface area contributed by atoms with Crippen molar-refractivity contribution in [3.63, 3.8) is 0 Å². The molecule has 3 rings (SSSR count). The Balaban J connectivity index is 1.87. The van der Waals surface area contributed by atoms with Gasteiger partial charge in [0.1, 0.15) is 9.21 Å². The van der Waals surface area contributed by atoms with Gasteiger partial charge < -0.3 is 10.1 Å². The Bertz CT molecular complexity index is 857. The molecule has 142 valence electrons. The molecule has 0 fully saturated rings. The Labute approximate surface area is 161 Å². The number of hydrogen-bond acceptors (Lipinski definition) is 6. The van der Waals surface area contributed by atoms with E-state index in [0.29, 0.717) is 30.1 Å². The van der Waals surface area contributed by atoms with E-state index in [9.17, 15) is 13.2 Å². The third kappa shape index (κ3) is 4.28. The standard InChI is InChI=1S/C17H22N2O4S3/c1-23-10-5-9-18-16(20)15-12-6-2-3-7-13(12)25-17(15)19-26(21,22)14-8-4-11-24-14/h4,8,11,19H,2-3,5-7,9-10H2,1H3,(H,18,20). The van der Waals surface area contributed by atoms with Crippen molar-refractivity contribution >= 4 is 43.6 Å². The van der Waals surface area contributed by atoms with Crippen LogP contribution in [0.4, 0.5) is 5.00 Å². The molecular weight excluding hydrogens is 392 g/mol. The number of carbonyl (C=O) groups is 1. The number of sulfonamides is 1. The molecule has 0 aliphatic heterocycles. The molecule has 2 aromatic heterocycles. The molecule has 0 bridgehead atoms. The van der Waals surface area contributed by atoms with Crippen LogP contribution in [-0.4, -0.2) is 34.6 Å². The molecule has 0 spiro atoms. The van der Waals surface area contributed by atoms with E-state index < -0.39 is 10.0 Å². The predicted octanol–water partition coefficient (Wildman–Crippen LogP) is 3.26. The van der Waals surface area contributed by atoms with E-state index in [-0.39, 0.29) is 10.1 Å². The summed E-state index contributed by atoms with van der Waals surface area (Å²) in [6, 6.07) is 3.26. The number of amides is 1. The molecule has 1 amide bonds. The minimum atomic E-state index is -3.68. The fraction of sp³-hybridized carbons (Fsp3) is 0.471. The van der Waals surface area contributed by atoms with Crippen LogP contribution in [0.5, 0.6) is 0 Å². The molecule has 26 heavy (non-hydrogen) atoms. The molecule has 0 aromatic carbocycles. The third-order valence-electron chi connectivity index (χ3n) is 4.20. The van der Waals surface area contributed by atoms with Crippen LogP contribution in [0.15, 0.2) is 21.7 Å². The van der Waals surface area contributed by atoms with Crippen LogP contribution in [0.2, 0.25) is 0 Å². The van der Waals surface area contributed by atoms with Gasteiger partial charge in [-0.25, -0.2) is 8.42 Å². The highest BCUT2D eigenvalue weighted by Crippen LogP contribution is 2.39. The molecule has 2 heterocycles. The summed E-state index contributed by atoms with van der Waals surface area (Å²) >= 11 is 2.54. The van der Waals surface area contributed by atoms with Gasteiger partial charge in [-0.05, 0) is 49.1 Å². The molecule has 2 aromatic rings. The van der Waals surface area contributed by atoms with Gasteiger partial charge in [-0.1, -0.05) is 6.07 Å². The summed E-state index contributed by atoms with van der Waals surface area (Å²) in [7, 11) is -2.06. The maximum absolute atomic E-state index is 12.8. The van der Waals surface area contributed by atoms with Gasteiger partial charge >= 0.3 is 0 Å². The first-order valence-corrected chi connectivity index (χ1v) is 11.7. The monoisotopic (exact) mass is 414 g/mol. The second kappa shape index (κ2) is 8.51. The van der Waals surface area contributed by atoms with E-state index in [1.165, 1.54) is 11.3 Å². The van der Waals surface area contributed by atoms with Gasteiger partial charge in [0.15, 0.2) is 0 Å². The van der Waals surface area contributed by atoms with E-state index in [1.807, 2.05) is 0 Å². The molecule has 0 unspecified atom stereocenters. The molecule has 6 nitrogen and oxygen atoms in total. The largest absolute Gasteiger partial charge is 0.385 e. The summed E-state index contributed by atoms with van der Waals surface area (Å²) in [6.45, 7) is 1.06. The van der Waals surface area contributed by atoms with Crippen molar-refractivity contribution in [2.45, 2.75) is 36.3 Å². The second-order valence-electron chi connectivity index (χ2n) is 6.05. The van der Waals surface area contributed by atoms with Crippen molar-refractivity contribution in [3.8, 4) is 0 Å². The lowest BCUT2D eigenvalue weighted by Crippen LogP contribution is -2.27. The Morgan fingerprint density at radius 2 is 2.12 bits per heavy atom. The van der Waals surface area contributed by atoms with Gasteiger partial charge in [0, 0.05) is 25.1 Å². The van der Waals surface area contributed by atoms with Gasteiger partial charge in [0.2, 0.25) is 0 Å². The van der Waals surface area contributed by atoms with Gasteiger partial charge in [-0.2, -0.15) is 0 Å². The Morgan fingerprint density at radius 1 is 1.31 bits per heavy atom. The van der Waals surface area contributed by atoms with Gasteiger partial charge in [0.25, 0.3) is 15.9 Å². The van der Waals surface area contributed by atoms with Crippen LogP contribution >= 0.6 is 22.7 Å². The quantitative estimate of drug-likeness (QED) is 0.650. The van der Waals surface area contributed by atoms with Crippen LogP contribution in [0.3, 0.4) is 0 Å². The van der Waals surface area contributed by atoms with Gasteiger partial charge in [-0.15, -0.1) is 22.7 Å². The first-order valence-electron chi connectivity index (χ1n) is 8.51. The number of methoxy groups -OCH3 is 1. The lowest BCUT2D eigenvalue weighted by atomic mass is 9.95.